The van der Waals surface area contributed by atoms with Gasteiger partial charge in [-0.1, -0.05) is 11.6 Å². The summed E-state index contributed by atoms with van der Waals surface area (Å²) in [5, 5.41) is 6.51. The minimum absolute atomic E-state index is 0.239. The largest absolute Gasteiger partial charge is 0.495 e. The molecule has 0 aliphatic carbocycles. The van der Waals surface area contributed by atoms with Crippen LogP contribution in [0.4, 0.5) is 17.2 Å². The Morgan fingerprint density at radius 3 is 2.76 bits per heavy atom. The number of carbonyl (C=O) groups excluding carboxylic acids is 1. The quantitative estimate of drug-likeness (QED) is 0.695. The minimum Gasteiger partial charge on any atom is -0.495 e. The number of rotatable bonds is 5. The first kappa shape index (κ1) is 16.9. The van der Waals surface area contributed by atoms with Gasteiger partial charge in [-0.15, -0.1) is 0 Å². The van der Waals surface area contributed by atoms with Crippen LogP contribution in [0, 0.1) is 6.92 Å². The van der Waals surface area contributed by atoms with Gasteiger partial charge in [-0.05, 0) is 42.8 Å². The van der Waals surface area contributed by atoms with Crippen LogP contribution in [0.3, 0.4) is 0 Å². The van der Waals surface area contributed by atoms with E-state index >= 15 is 0 Å². The third-order valence-electron chi connectivity index (χ3n) is 3.51. The van der Waals surface area contributed by atoms with Gasteiger partial charge in [0.2, 0.25) is 0 Å². The first-order valence-corrected chi connectivity index (χ1v) is 7.86. The van der Waals surface area contributed by atoms with Crippen molar-refractivity contribution in [3.8, 4) is 5.75 Å². The van der Waals surface area contributed by atoms with Gasteiger partial charge in [0, 0.05) is 11.1 Å². The van der Waals surface area contributed by atoms with E-state index in [0.29, 0.717) is 22.3 Å². The van der Waals surface area contributed by atoms with E-state index in [-0.39, 0.29) is 11.7 Å². The predicted octanol–water partition coefficient (Wildman–Crippen LogP) is 4.64. The number of ether oxygens (including phenoxy) is 1. The zero-order valence-electron chi connectivity index (χ0n) is 13.7. The molecule has 6 nitrogen and oxygen atoms in total. The van der Waals surface area contributed by atoms with Gasteiger partial charge >= 0.3 is 0 Å². The van der Waals surface area contributed by atoms with Gasteiger partial charge < -0.3 is 19.8 Å². The second kappa shape index (κ2) is 7.27. The first-order valence-electron chi connectivity index (χ1n) is 7.49. The predicted molar refractivity (Wildman–Crippen MR) is 96.9 cm³/mol. The molecule has 0 saturated carbocycles. The van der Waals surface area contributed by atoms with E-state index < -0.39 is 0 Å². The van der Waals surface area contributed by atoms with E-state index in [1.807, 2.05) is 13.0 Å². The fraction of sp³-hybridized carbons (Fsp3) is 0.111. The van der Waals surface area contributed by atoms with Gasteiger partial charge in [-0.25, -0.2) is 4.98 Å². The lowest BCUT2D eigenvalue weighted by Crippen LogP contribution is -2.11. The molecule has 0 bridgehead atoms. The number of carbonyl (C=O) groups is 1. The molecular formula is C18H16ClN3O3. The normalized spacial score (nSPS) is 10.4. The molecule has 128 valence electrons. The summed E-state index contributed by atoms with van der Waals surface area (Å²) in [5.41, 5.74) is 2.24. The number of pyridine rings is 1. The van der Waals surface area contributed by atoms with Crippen LogP contribution in [0.1, 0.15) is 16.1 Å². The van der Waals surface area contributed by atoms with Gasteiger partial charge in [0.05, 0.1) is 30.9 Å². The van der Waals surface area contributed by atoms with Crippen LogP contribution in [-0.4, -0.2) is 18.0 Å². The third-order valence-corrected chi connectivity index (χ3v) is 3.92. The van der Waals surface area contributed by atoms with E-state index in [9.17, 15) is 4.79 Å². The lowest BCUT2D eigenvalue weighted by atomic mass is 10.2. The number of halogens is 1. The highest BCUT2D eigenvalue weighted by Gasteiger charge is 2.10. The maximum Gasteiger partial charge on any atom is 0.291 e. The summed E-state index contributed by atoms with van der Waals surface area (Å²) in [6.07, 6.45) is 3.00. The maximum absolute atomic E-state index is 11.9. The van der Waals surface area contributed by atoms with Gasteiger partial charge in [-0.3, -0.25) is 4.79 Å². The van der Waals surface area contributed by atoms with Crippen LogP contribution in [-0.2, 0) is 0 Å². The lowest BCUT2D eigenvalue weighted by Gasteiger charge is -2.13. The minimum atomic E-state index is -0.331. The summed E-state index contributed by atoms with van der Waals surface area (Å²) in [4.78, 5) is 16.2. The summed E-state index contributed by atoms with van der Waals surface area (Å²) in [7, 11) is 1.58. The smallest absolute Gasteiger partial charge is 0.291 e. The van der Waals surface area contributed by atoms with Crippen molar-refractivity contribution in [1.29, 1.82) is 0 Å². The summed E-state index contributed by atoms with van der Waals surface area (Å²) in [6.45, 7) is 1.91. The maximum atomic E-state index is 11.9. The molecule has 1 amide bonds. The molecule has 0 atom stereocenters. The van der Waals surface area contributed by atoms with Crippen molar-refractivity contribution in [2.24, 2.45) is 0 Å². The van der Waals surface area contributed by atoms with E-state index in [2.05, 4.69) is 15.6 Å². The zero-order chi connectivity index (χ0) is 17.8. The summed E-state index contributed by atoms with van der Waals surface area (Å²) >= 11 is 6.11. The Hall–Kier alpha value is -2.99. The molecule has 0 fully saturated rings. The monoisotopic (exact) mass is 357 g/mol. The van der Waals surface area contributed by atoms with Crippen molar-refractivity contribution in [3.05, 3.63) is 65.2 Å². The van der Waals surface area contributed by atoms with Crippen molar-refractivity contribution >= 4 is 34.7 Å². The number of aromatic nitrogens is 1. The summed E-state index contributed by atoms with van der Waals surface area (Å²) < 4.78 is 10.4. The SMILES string of the molecule is COc1cc(Cl)c(C)cc1Nc1ccc(NC(=O)c2ccco2)cn1. The lowest BCUT2D eigenvalue weighted by molar-refractivity contribution is 0.0996. The number of methoxy groups -OCH3 is 1. The van der Waals surface area contributed by atoms with E-state index in [1.165, 1.54) is 6.26 Å². The van der Waals surface area contributed by atoms with Gasteiger partial charge in [0.25, 0.3) is 5.91 Å². The molecule has 0 spiro atoms. The summed E-state index contributed by atoms with van der Waals surface area (Å²) in [6, 6.07) is 10.4. The Morgan fingerprint density at radius 1 is 1.28 bits per heavy atom. The standard InChI is InChI=1S/C18H16ClN3O3/c1-11-8-14(16(24-2)9-13(11)19)22-17-6-5-12(10-20-17)21-18(23)15-4-3-7-25-15/h3-10H,1-2H3,(H,20,22)(H,21,23). The number of benzene rings is 1. The highest BCUT2D eigenvalue weighted by Crippen LogP contribution is 2.32. The molecule has 0 radical (unpaired) electrons. The van der Waals surface area contributed by atoms with E-state index in [0.717, 1.165) is 11.3 Å². The third kappa shape index (κ3) is 3.92. The number of anilines is 3. The van der Waals surface area contributed by atoms with Crippen molar-refractivity contribution in [2.75, 3.05) is 17.7 Å². The topological polar surface area (TPSA) is 76.4 Å². The number of aryl methyl sites for hydroxylation is 1. The van der Waals surface area contributed by atoms with Crippen molar-refractivity contribution in [2.45, 2.75) is 6.92 Å². The zero-order valence-corrected chi connectivity index (χ0v) is 14.4. The van der Waals surface area contributed by atoms with Crippen LogP contribution in [0.5, 0.6) is 5.75 Å². The number of amides is 1. The Bertz CT molecular complexity index is 877. The highest BCUT2D eigenvalue weighted by atomic mass is 35.5. The first-order chi connectivity index (χ1) is 12.1. The average Bonchev–Trinajstić information content (AvgIpc) is 3.14. The molecular weight excluding hydrogens is 342 g/mol. The van der Waals surface area contributed by atoms with Crippen LogP contribution >= 0.6 is 11.6 Å². The Kier molecular flexibility index (Phi) is 4.90. The highest BCUT2D eigenvalue weighted by molar-refractivity contribution is 6.31. The van der Waals surface area contributed by atoms with Crippen LogP contribution in [0.25, 0.3) is 0 Å². The molecule has 2 aromatic heterocycles. The average molecular weight is 358 g/mol. The van der Waals surface area contributed by atoms with Gasteiger partial charge in [0.1, 0.15) is 11.6 Å². The van der Waals surface area contributed by atoms with E-state index in [1.54, 1.807) is 43.6 Å². The molecule has 2 N–H and O–H groups in total. The second-order valence-electron chi connectivity index (χ2n) is 5.29. The van der Waals surface area contributed by atoms with Gasteiger partial charge in [-0.2, -0.15) is 0 Å². The van der Waals surface area contributed by atoms with Crippen LogP contribution < -0.4 is 15.4 Å². The van der Waals surface area contributed by atoms with E-state index in [4.69, 9.17) is 20.8 Å². The molecule has 3 rings (SSSR count). The molecule has 0 unspecified atom stereocenters. The number of hydrogen-bond acceptors (Lipinski definition) is 5. The molecule has 0 saturated heterocycles. The second-order valence-corrected chi connectivity index (χ2v) is 5.70. The van der Waals surface area contributed by atoms with Crippen LogP contribution in [0.2, 0.25) is 5.02 Å². The fourth-order valence-corrected chi connectivity index (χ4v) is 2.36. The number of nitrogens with one attached hydrogen (secondary N) is 2. The number of nitrogens with zero attached hydrogens (tertiary/aromatic N) is 1. The Morgan fingerprint density at radius 2 is 2.12 bits per heavy atom. The molecule has 0 aliphatic heterocycles. The number of furan rings is 1. The molecule has 0 aliphatic rings. The molecule has 25 heavy (non-hydrogen) atoms. The van der Waals surface area contributed by atoms with Crippen molar-refractivity contribution in [3.63, 3.8) is 0 Å². The fourth-order valence-electron chi connectivity index (χ4n) is 2.21. The molecule has 1 aromatic carbocycles. The Labute approximate surface area is 149 Å². The summed E-state index contributed by atoms with van der Waals surface area (Å²) in [5.74, 6) is 1.13. The molecule has 3 aromatic rings. The van der Waals surface area contributed by atoms with Gasteiger partial charge in [0.15, 0.2) is 5.76 Å². The van der Waals surface area contributed by atoms with Crippen molar-refractivity contribution in [1.82, 2.24) is 4.98 Å². The molecule has 2 heterocycles. The van der Waals surface area contributed by atoms with Crippen molar-refractivity contribution < 1.29 is 13.9 Å². The van der Waals surface area contributed by atoms with Crippen LogP contribution in [0.15, 0.2) is 53.3 Å². The Balaban J connectivity index is 1.73. The molecule has 7 heteroatoms. The number of hydrogen-bond donors (Lipinski definition) is 2.